The normalized spacial score (nSPS) is 10.1. The Morgan fingerprint density at radius 1 is 1.04 bits per heavy atom. The van der Waals surface area contributed by atoms with Crippen LogP contribution in [0.3, 0.4) is 0 Å². The summed E-state index contributed by atoms with van der Waals surface area (Å²) in [7, 11) is 0. The van der Waals surface area contributed by atoms with E-state index in [9.17, 15) is 14.0 Å². The minimum atomic E-state index is -0.683. The van der Waals surface area contributed by atoms with Crippen LogP contribution >= 0.6 is 0 Å². The lowest BCUT2D eigenvalue weighted by Gasteiger charge is -2.09. The summed E-state index contributed by atoms with van der Waals surface area (Å²) in [5.74, 6) is -1.31. The van der Waals surface area contributed by atoms with Crippen LogP contribution in [0.15, 0.2) is 42.5 Å². The Kier molecular flexibility index (Phi) is 5.89. The average molecular weight is 331 g/mol. The third-order valence-electron chi connectivity index (χ3n) is 3.06. The van der Waals surface area contributed by atoms with E-state index in [1.54, 1.807) is 18.2 Å². The molecule has 0 fully saturated rings. The molecule has 2 aromatic rings. The molecule has 0 spiro atoms. The van der Waals surface area contributed by atoms with E-state index in [4.69, 9.17) is 9.47 Å². The number of hydrogen-bond donors (Lipinski definition) is 1. The zero-order valence-corrected chi connectivity index (χ0v) is 13.5. The van der Waals surface area contributed by atoms with Gasteiger partial charge in [-0.15, -0.1) is 0 Å². The van der Waals surface area contributed by atoms with Gasteiger partial charge in [0, 0.05) is 0 Å². The van der Waals surface area contributed by atoms with E-state index < -0.39 is 24.3 Å². The molecule has 0 bridgehead atoms. The Labute approximate surface area is 139 Å². The van der Waals surface area contributed by atoms with Gasteiger partial charge in [0.15, 0.2) is 13.2 Å². The van der Waals surface area contributed by atoms with E-state index in [0.29, 0.717) is 5.75 Å². The van der Waals surface area contributed by atoms with Crippen molar-refractivity contribution < 1.29 is 23.5 Å². The highest BCUT2D eigenvalue weighted by Gasteiger charge is 2.10. The number of halogens is 1. The molecular formula is C18H18FNO4. The second kappa shape index (κ2) is 8.10. The molecule has 0 radical (unpaired) electrons. The molecule has 1 N–H and O–H groups in total. The number of nitrogens with one attached hydrogen (secondary N) is 1. The predicted molar refractivity (Wildman–Crippen MR) is 87.4 cm³/mol. The summed E-state index contributed by atoms with van der Waals surface area (Å²) >= 11 is 0. The van der Waals surface area contributed by atoms with Crippen molar-refractivity contribution in [1.82, 2.24) is 0 Å². The minimum absolute atomic E-state index is 0.0324. The SMILES string of the molecule is Cc1cc(C)cc(OCC(=O)OCC(=O)Nc2ccccc2F)c1. The van der Waals surface area contributed by atoms with Crippen molar-refractivity contribution in [2.75, 3.05) is 18.5 Å². The molecule has 0 aromatic heterocycles. The van der Waals surface area contributed by atoms with Gasteiger partial charge in [-0.05, 0) is 49.2 Å². The lowest BCUT2D eigenvalue weighted by molar-refractivity contribution is -0.149. The van der Waals surface area contributed by atoms with Crippen LogP contribution in [0.2, 0.25) is 0 Å². The molecule has 24 heavy (non-hydrogen) atoms. The molecule has 2 rings (SSSR count). The van der Waals surface area contributed by atoms with Gasteiger partial charge in [-0.25, -0.2) is 9.18 Å². The molecule has 5 nitrogen and oxygen atoms in total. The first-order chi connectivity index (χ1) is 11.4. The number of carbonyl (C=O) groups excluding carboxylic acids is 2. The van der Waals surface area contributed by atoms with E-state index in [0.717, 1.165) is 11.1 Å². The topological polar surface area (TPSA) is 64.6 Å². The van der Waals surface area contributed by atoms with Crippen LogP contribution in [0.4, 0.5) is 10.1 Å². The Hall–Kier alpha value is -2.89. The maximum atomic E-state index is 13.4. The first kappa shape index (κ1) is 17.5. The van der Waals surface area contributed by atoms with E-state index in [1.807, 2.05) is 19.9 Å². The lowest BCUT2D eigenvalue weighted by atomic mass is 10.1. The van der Waals surface area contributed by atoms with E-state index in [1.165, 1.54) is 18.2 Å². The van der Waals surface area contributed by atoms with Crippen molar-refractivity contribution in [3.8, 4) is 5.75 Å². The summed E-state index contributed by atoms with van der Waals surface area (Å²) in [4.78, 5) is 23.2. The fourth-order valence-corrected chi connectivity index (χ4v) is 2.10. The van der Waals surface area contributed by atoms with Gasteiger partial charge < -0.3 is 14.8 Å². The van der Waals surface area contributed by atoms with Crippen LogP contribution in [0.5, 0.6) is 5.75 Å². The second-order valence-electron chi connectivity index (χ2n) is 5.30. The van der Waals surface area contributed by atoms with Crippen molar-refractivity contribution in [2.24, 2.45) is 0 Å². The Balaban J connectivity index is 1.76. The molecule has 0 saturated heterocycles. The number of amides is 1. The highest BCUT2D eigenvalue weighted by molar-refractivity contribution is 5.92. The van der Waals surface area contributed by atoms with Crippen LogP contribution in [-0.2, 0) is 14.3 Å². The maximum Gasteiger partial charge on any atom is 0.344 e. The van der Waals surface area contributed by atoms with Crippen molar-refractivity contribution in [3.63, 3.8) is 0 Å². The third kappa shape index (κ3) is 5.39. The number of anilines is 1. The number of benzene rings is 2. The van der Waals surface area contributed by atoms with Gasteiger partial charge in [-0.3, -0.25) is 4.79 Å². The Bertz CT molecular complexity index is 725. The minimum Gasteiger partial charge on any atom is -0.482 e. The number of rotatable bonds is 6. The van der Waals surface area contributed by atoms with Gasteiger partial charge in [-0.2, -0.15) is 0 Å². The fourth-order valence-electron chi connectivity index (χ4n) is 2.10. The van der Waals surface area contributed by atoms with Gasteiger partial charge in [0.05, 0.1) is 5.69 Å². The number of hydrogen-bond acceptors (Lipinski definition) is 4. The van der Waals surface area contributed by atoms with Gasteiger partial charge in [0.1, 0.15) is 11.6 Å². The number of carbonyl (C=O) groups is 2. The zero-order valence-electron chi connectivity index (χ0n) is 13.5. The largest absolute Gasteiger partial charge is 0.482 e. The van der Waals surface area contributed by atoms with Crippen LogP contribution in [0, 0.1) is 19.7 Å². The summed E-state index contributed by atoms with van der Waals surface area (Å²) in [5, 5.41) is 2.32. The molecule has 1 amide bonds. The molecule has 0 atom stereocenters. The quantitative estimate of drug-likeness (QED) is 0.827. The van der Waals surface area contributed by atoms with E-state index >= 15 is 0 Å². The highest BCUT2D eigenvalue weighted by Crippen LogP contribution is 2.16. The smallest absolute Gasteiger partial charge is 0.344 e. The fraction of sp³-hybridized carbons (Fsp3) is 0.222. The van der Waals surface area contributed by atoms with Crippen LogP contribution < -0.4 is 10.1 Å². The van der Waals surface area contributed by atoms with Crippen molar-refractivity contribution in [3.05, 3.63) is 59.4 Å². The van der Waals surface area contributed by atoms with E-state index in [-0.39, 0.29) is 12.3 Å². The number of ether oxygens (including phenoxy) is 2. The van der Waals surface area contributed by atoms with Crippen molar-refractivity contribution >= 4 is 17.6 Å². The standard InChI is InChI=1S/C18H18FNO4/c1-12-7-13(2)9-14(8-12)23-11-18(22)24-10-17(21)20-16-6-4-3-5-15(16)19/h3-9H,10-11H2,1-2H3,(H,20,21). The van der Waals surface area contributed by atoms with Crippen molar-refractivity contribution in [1.29, 1.82) is 0 Å². The predicted octanol–water partition coefficient (Wildman–Crippen LogP) is 3.00. The van der Waals surface area contributed by atoms with Crippen LogP contribution in [0.25, 0.3) is 0 Å². The molecule has 2 aromatic carbocycles. The first-order valence-electron chi connectivity index (χ1n) is 7.35. The Morgan fingerprint density at radius 2 is 1.71 bits per heavy atom. The summed E-state index contributed by atoms with van der Waals surface area (Å²) in [6, 6.07) is 11.3. The van der Waals surface area contributed by atoms with Crippen molar-refractivity contribution in [2.45, 2.75) is 13.8 Å². The van der Waals surface area contributed by atoms with Gasteiger partial charge >= 0.3 is 5.97 Å². The lowest BCUT2D eigenvalue weighted by Crippen LogP contribution is -2.24. The molecule has 6 heteroatoms. The van der Waals surface area contributed by atoms with Gasteiger partial charge in [-0.1, -0.05) is 18.2 Å². The molecule has 0 saturated carbocycles. The summed E-state index contributed by atoms with van der Waals surface area (Å²) in [6.07, 6.45) is 0. The summed E-state index contributed by atoms with van der Waals surface area (Å²) in [5.41, 5.74) is 2.07. The molecule has 0 unspecified atom stereocenters. The number of para-hydroxylation sites is 1. The third-order valence-corrected chi connectivity index (χ3v) is 3.06. The molecule has 0 heterocycles. The molecule has 0 aliphatic heterocycles. The first-order valence-corrected chi connectivity index (χ1v) is 7.35. The average Bonchev–Trinajstić information content (AvgIpc) is 2.52. The maximum absolute atomic E-state index is 13.4. The summed E-state index contributed by atoms with van der Waals surface area (Å²) in [6.45, 7) is 3.02. The van der Waals surface area contributed by atoms with Crippen LogP contribution in [0.1, 0.15) is 11.1 Å². The second-order valence-corrected chi connectivity index (χ2v) is 5.30. The molecule has 0 aliphatic carbocycles. The molecule has 126 valence electrons. The number of esters is 1. The van der Waals surface area contributed by atoms with Gasteiger partial charge in [0.2, 0.25) is 0 Å². The molecular weight excluding hydrogens is 313 g/mol. The van der Waals surface area contributed by atoms with E-state index in [2.05, 4.69) is 5.32 Å². The monoisotopic (exact) mass is 331 g/mol. The van der Waals surface area contributed by atoms with Crippen LogP contribution in [-0.4, -0.2) is 25.1 Å². The Morgan fingerprint density at radius 3 is 2.38 bits per heavy atom. The molecule has 0 aliphatic rings. The summed E-state index contributed by atoms with van der Waals surface area (Å²) < 4.78 is 23.5. The van der Waals surface area contributed by atoms with Gasteiger partial charge in [0.25, 0.3) is 5.91 Å². The highest BCUT2D eigenvalue weighted by atomic mass is 19.1. The number of aryl methyl sites for hydroxylation is 2. The zero-order chi connectivity index (χ0) is 17.5.